The average molecular weight is 424 g/mol. The van der Waals surface area contributed by atoms with Gasteiger partial charge in [-0.15, -0.1) is 0 Å². The van der Waals surface area contributed by atoms with Crippen LogP contribution in [0.5, 0.6) is 11.5 Å². The molecule has 0 unspecified atom stereocenters. The van der Waals surface area contributed by atoms with Gasteiger partial charge in [0.2, 0.25) is 0 Å². The van der Waals surface area contributed by atoms with Crippen LogP contribution in [0.15, 0.2) is 30.3 Å². The molecule has 0 atom stereocenters. The molecule has 2 aliphatic heterocycles. The van der Waals surface area contributed by atoms with Gasteiger partial charge < -0.3 is 23.8 Å². The van der Waals surface area contributed by atoms with Crippen molar-refractivity contribution in [1.29, 1.82) is 0 Å². The second-order valence-electron chi connectivity index (χ2n) is 6.50. The molecule has 0 N–H and O–H groups in total. The van der Waals surface area contributed by atoms with E-state index >= 15 is 0 Å². The van der Waals surface area contributed by atoms with Crippen molar-refractivity contribution in [3.8, 4) is 11.5 Å². The van der Waals surface area contributed by atoms with Crippen molar-refractivity contribution >= 4 is 34.8 Å². The zero-order valence-electron chi connectivity index (χ0n) is 15.5. The van der Waals surface area contributed by atoms with E-state index in [-0.39, 0.29) is 12.5 Å². The molecule has 0 bridgehead atoms. The molecule has 1 saturated heterocycles. The Kier molecular flexibility index (Phi) is 5.14. The monoisotopic (exact) mass is 423 g/mol. The second kappa shape index (κ2) is 7.44. The van der Waals surface area contributed by atoms with E-state index < -0.39 is 5.79 Å². The summed E-state index contributed by atoms with van der Waals surface area (Å²) in [5, 5.41) is 0.785. The van der Waals surface area contributed by atoms with E-state index in [1.54, 1.807) is 37.3 Å². The Morgan fingerprint density at radius 2 is 1.71 bits per heavy atom. The number of methoxy groups -OCH3 is 2. The molecule has 2 aromatic rings. The van der Waals surface area contributed by atoms with E-state index in [0.717, 1.165) is 5.56 Å². The van der Waals surface area contributed by atoms with Crippen LogP contribution in [-0.2, 0) is 26.6 Å². The van der Waals surface area contributed by atoms with Crippen molar-refractivity contribution in [2.24, 2.45) is 0 Å². The number of hydrogen-bond acceptors (Lipinski definition) is 5. The molecule has 1 fully saturated rings. The van der Waals surface area contributed by atoms with Gasteiger partial charge >= 0.3 is 0 Å². The molecular formula is C20H19Cl2NO5. The van der Waals surface area contributed by atoms with Crippen molar-refractivity contribution in [1.82, 2.24) is 0 Å². The first kappa shape index (κ1) is 19.3. The van der Waals surface area contributed by atoms with Gasteiger partial charge in [-0.1, -0.05) is 29.3 Å². The van der Waals surface area contributed by atoms with Gasteiger partial charge in [0.1, 0.15) is 0 Å². The summed E-state index contributed by atoms with van der Waals surface area (Å²) in [5.41, 5.74) is 1.81. The molecule has 148 valence electrons. The van der Waals surface area contributed by atoms with E-state index in [0.29, 0.717) is 52.4 Å². The van der Waals surface area contributed by atoms with Crippen molar-refractivity contribution in [2.45, 2.75) is 18.8 Å². The van der Waals surface area contributed by atoms with Gasteiger partial charge in [-0.25, -0.2) is 0 Å². The van der Waals surface area contributed by atoms with Gasteiger partial charge in [-0.05, 0) is 36.2 Å². The largest absolute Gasteiger partial charge is 0.493 e. The number of nitrogens with zero attached hydrogens (tertiary/aromatic N) is 1. The van der Waals surface area contributed by atoms with Crippen LogP contribution in [0.4, 0.5) is 5.69 Å². The van der Waals surface area contributed by atoms with Crippen molar-refractivity contribution in [2.75, 3.05) is 32.3 Å². The van der Waals surface area contributed by atoms with Crippen molar-refractivity contribution in [3.05, 3.63) is 51.5 Å². The molecular weight excluding hydrogens is 405 g/mol. The van der Waals surface area contributed by atoms with Crippen molar-refractivity contribution in [3.63, 3.8) is 0 Å². The highest BCUT2D eigenvalue weighted by atomic mass is 35.5. The number of halogens is 2. The van der Waals surface area contributed by atoms with Gasteiger partial charge in [0.25, 0.3) is 11.7 Å². The maximum absolute atomic E-state index is 13.4. The lowest BCUT2D eigenvalue weighted by molar-refractivity contribution is -0.256. The highest BCUT2D eigenvalue weighted by Crippen LogP contribution is 2.51. The molecule has 6 nitrogen and oxygen atoms in total. The fourth-order valence-electron chi connectivity index (χ4n) is 3.62. The number of benzene rings is 2. The predicted molar refractivity (Wildman–Crippen MR) is 105 cm³/mol. The van der Waals surface area contributed by atoms with Crippen LogP contribution in [0.1, 0.15) is 17.5 Å². The summed E-state index contributed by atoms with van der Waals surface area (Å²) in [6.07, 6.45) is 0.707. The van der Waals surface area contributed by atoms with Crippen LogP contribution in [-0.4, -0.2) is 33.3 Å². The van der Waals surface area contributed by atoms with Gasteiger partial charge in [-0.2, -0.15) is 0 Å². The summed E-state index contributed by atoms with van der Waals surface area (Å²) < 4.78 is 22.3. The summed E-state index contributed by atoms with van der Waals surface area (Å²) in [6.45, 7) is 1.05. The Morgan fingerprint density at radius 1 is 1.04 bits per heavy atom. The third kappa shape index (κ3) is 2.92. The normalized spacial score (nSPS) is 17.7. The molecule has 8 heteroatoms. The van der Waals surface area contributed by atoms with E-state index in [1.165, 1.54) is 0 Å². The van der Waals surface area contributed by atoms with E-state index in [1.807, 2.05) is 12.1 Å². The highest BCUT2D eigenvalue weighted by Gasteiger charge is 2.56. The summed E-state index contributed by atoms with van der Waals surface area (Å²) >= 11 is 12.9. The average Bonchev–Trinajstić information content (AvgIpc) is 2.95. The quantitative estimate of drug-likeness (QED) is 0.739. The first-order valence-corrected chi connectivity index (χ1v) is 9.56. The minimum absolute atomic E-state index is 0.251. The van der Waals surface area contributed by atoms with Crippen LogP contribution < -0.4 is 14.4 Å². The lowest BCUT2D eigenvalue weighted by Gasteiger charge is -2.32. The number of ether oxygens (including phenoxy) is 4. The molecule has 28 heavy (non-hydrogen) atoms. The molecule has 0 radical (unpaired) electrons. The fourth-order valence-corrected chi connectivity index (χ4v) is 4.15. The number of rotatable bonds is 4. The Morgan fingerprint density at radius 3 is 2.39 bits per heavy atom. The van der Waals surface area contributed by atoms with Gasteiger partial charge in [-0.3, -0.25) is 4.79 Å². The van der Waals surface area contributed by atoms with Gasteiger partial charge in [0.05, 0.1) is 55.3 Å². The van der Waals surface area contributed by atoms with Crippen LogP contribution in [0.3, 0.4) is 0 Å². The number of carbonyl (C=O) groups excluding carboxylic acids is 1. The molecule has 2 aliphatic rings. The minimum Gasteiger partial charge on any atom is -0.493 e. The highest BCUT2D eigenvalue weighted by molar-refractivity contribution is 6.38. The molecule has 4 rings (SSSR count). The zero-order chi connectivity index (χ0) is 19.9. The number of amides is 1. The van der Waals surface area contributed by atoms with Crippen LogP contribution >= 0.6 is 23.2 Å². The smallest absolute Gasteiger partial charge is 0.292 e. The number of anilines is 1. The molecule has 1 amide bonds. The van der Waals surface area contributed by atoms with Crippen molar-refractivity contribution < 1.29 is 23.7 Å². The molecule has 2 aromatic carbocycles. The maximum atomic E-state index is 13.4. The first-order chi connectivity index (χ1) is 13.5. The third-order valence-electron chi connectivity index (χ3n) is 4.89. The lowest BCUT2D eigenvalue weighted by atomic mass is 10.1. The zero-order valence-corrected chi connectivity index (χ0v) is 17.0. The number of fused-ring (bicyclic) bond motifs is 2. The second-order valence-corrected chi connectivity index (χ2v) is 7.31. The SMILES string of the molecule is COc1ccc(CN2C(=O)C3(OCCCO3)c3c(Cl)ccc(Cl)c32)cc1OC. The Bertz CT molecular complexity index is 927. The summed E-state index contributed by atoms with van der Waals surface area (Å²) in [6, 6.07) is 8.79. The molecule has 0 aliphatic carbocycles. The number of carbonyl (C=O) groups is 1. The van der Waals surface area contributed by atoms with E-state index in [2.05, 4.69) is 0 Å². The molecule has 2 heterocycles. The molecule has 1 spiro atoms. The summed E-state index contributed by atoms with van der Waals surface area (Å²) in [7, 11) is 3.13. The lowest BCUT2D eigenvalue weighted by Crippen LogP contribution is -2.47. The Hall–Kier alpha value is -1.99. The molecule has 0 saturated carbocycles. The topological polar surface area (TPSA) is 57.2 Å². The predicted octanol–water partition coefficient (Wildman–Crippen LogP) is 4.15. The van der Waals surface area contributed by atoms with Crippen LogP contribution in [0.2, 0.25) is 10.0 Å². The summed E-state index contributed by atoms with van der Waals surface area (Å²) in [5.74, 6) is -0.710. The first-order valence-electron chi connectivity index (χ1n) is 8.81. The van der Waals surface area contributed by atoms with E-state index in [4.69, 9.17) is 42.1 Å². The summed E-state index contributed by atoms with van der Waals surface area (Å²) in [4.78, 5) is 15.0. The number of hydrogen-bond donors (Lipinski definition) is 0. The minimum atomic E-state index is -1.55. The van der Waals surface area contributed by atoms with Gasteiger partial charge in [0.15, 0.2) is 11.5 Å². The molecule has 0 aromatic heterocycles. The fraction of sp³-hybridized carbons (Fsp3) is 0.350. The Labute approximate surface area is 172 Å². The van der Waals surface area contributed by atoms with Gasteiger partial charge in [0, 0.05) is 0 Å². The van der Waals surface area contributed by atoms with E-state index in [9.17, 15) is 4.79 Å². The van der Waals surface area contributed by atoms with Crippen LogP contribution in [0.25, 0.3) is 0 Å². The van der Waals surface area contributed by atoms with Crippen LogP contribution in [0, 0.1) is 0 Å². The third-order valence-corrected chi connectivity index (χ3v) is 5.51. The standard InChI is InChI=1S/C20H19Cl2NO5/c1-25-15-7-4-12(10-16(15)26-2)11-23-18-14(22)6-5-13(21)17(18)20(19(23)24)27-8-3-9-28-20/h4-7,10H,3,8-9,11H2,1-2H3. The maximum Gasteiger partial charge on any atom is 0.292 e. The Balaban J connectivity index is 1.79.